The Balaban J connectivity index is 2.34. The fourth-order valence-electron chi connectivity index (χ4n) is 1.41. The van der Waals surface area contributed by atoms with Crippen molar-refractivity contribution in [1.82, 2.24) is 4.37 Å². The predicted octanol–water partition coefficient (Wildman–Crippen LogP) is 3.69. The Kier molecular flexibility index (Phi) is 3.49. The summed E-state index contributed by atoms with van der Waals surface area (Å²) in [7, 11) is 0. The molecule has 4 nitrogen and oxygen atoms in total. The third kappa shape index (κ3) is 2.44. The smallest absolute Gasteiger partial charge is 0.340 e. The summed E-state index contributed by atoms with van der Waals surface area (Å²) in [4.78, 5) is 11.0. The molecular weight excluding hydrogens is 279 g/mol. The molecule has 1 heterocycles. The first-order chi connectivity index (χ1) is 8.49. The zero-order valence-electron chi connectivity index (χ0n) is 9.20. The van der Waals surface area contributed by atoms with Crippen LogP contribution in [0.4, 0.5) is 15.1 Å². The van der Waals surface area contributed by atoms with Gasteiger partial charge in [-0.3, -0.25) is 0 Å². The lowest BCUT2D eigenvalue weighted by atomic mass is 10.2. The van der Waals surface area contributed by atoms with Crippen LogP contribution in [0.5, 0.6) is 0 Å². The van der Waals surface area contributed by atoms with Gasteiger partial charge in [-0.15, -0.1) is 0 Å². The van der Waals surface area contributed by atoms with Crippen LogP contribution in [-0.4, -0.2) is 15.4 Å². The van der Waals surface area contributed by atoms with Crippen molar-refractivity contribution in [2.75, 3.05) is 5.32 Å². The van der Waals surface area contributed by atoms with E-state index in [1.807, 2.05) is 0 Å². The summed E-state index contributed by atoms with van der Waals surface area (Å²) in [5.74, 6) is -1.64. The maximum absolute atomic E-state index is 13.2. The Hall–Kier alpha value is -1.66. The summed E-state index contributed by atoms with van der Waals surface area (Å²) in [6.07, 6.45) is 0. The third-order valence-corrected chi connectivity index (χ3v) is 3.41. The largest absolute Gasteiger partial charge is 0.478 e. The van der Waals surface area contributed by atoms with Gasteiger partial charge in [0.05, 0.1) is 10.7 Å². The minimum absolute atomic E-state index is 0.0134. The minimum Gasteiger partial charge on any atom is -0.478 e. The van der Waals surface area contributed by atoms with E-state index in [1.165, 1.54) is 12.1 Å². The monoisotopic (exact) mass is 286 g/mol. The van der Waals surface area contributed by atoms with Crippen molar-refractivity contribution in [1.29, 1.82) is 0 Å². The van der Waals surface area contributed by atoms with Crippen molar-refractivity contribution < 1.29 is 14.3 Å². The van der Waals surface area contributed by atoms with Crippen LogP contribution < -0.4 is 5.32 Å². The van der Waals surface area contributed by atoms with Gasteiger partial charge in [0.1, 0.15) is 16.4 Å². The molecule has 2 N–H and O–H groups in total. The van der Waals surface area contributed by atoms with Gasteiger partial charge in [-0.25, -0.2) is 9.18 Å². The molecule has 1 aromatic carbocycles. The first-order valence-electron chi connectivity index (χ1n) is 4.90. The number of aryl methyl sites for hydroxylation is 1. The highest BCUT2D eigenvalue weighted by molar-refractivity contribution is 7.10. The lowest BCUT2D eigenvalue weighted by Crippen LogP contribution is -2.01. The maximum atomic E-state index is 13.2. The Morgan fingerprint density at radius 1 is 1.56 bits per heavy atom. The van der Waals surface area contributed by atoms with Gasteiger partial charge < -0.3 is 10.4 Å². The fraction of sp³-hybridized carbons (Fsp3) is 0.0909. The SMILES string of the molecule is Cc1nsc(Nc2ccc(Cl)c(F)c2)c1C(=O)O. The highest BCUT2D eigenvalue weighted by Crippen LogP contribution is 2.29. The molecule has 0 fully saturated rings. The lowest BCUT2D eigenvalue weighted by molar-refractivity contribution is 0.0697. The van der Waals surface area contributed by atoms with Crippen molar-refractivity contribution in [3.8, 4) is 0 Å². The Morgan fingerprint density at radius 2 is 2.28 bits per heavy atom. The molecule has 0 saturated carbocycles. The number of halogens is 2. The first-order valence-corrected chi connectivity index (χ1v) is 6.06. The summed E-state index contributed by atoms with van der Waals surface area (Å²) >= 11 is 6.57. The molecule has 2 aromatic rings. The van der Waals surface area contributed by atoms with E-state index in [1.54, 1.807) is 13.0 Å². The number of benzene rings is 1. The van der Waals surface area contributed by atoms with Crippen LogP contribution in [0.3, 0.4) is 0 Å². The van der Waals surface area contributed by atoms with Crippen LogP contribution >= 0.6 is 23.1 Å². The second-order valence-corrected chi connectivity index (χ2v) is 4.71. The molecule has 7 heteroatoms. The molecule has 0 aliphatic heterocycles. The first kappa shape index (κ1) is 12.8. The topological polar surface area (TPSA) is 62.2 Å². The number of nitrogens with zero attached hydrogens (tertiary/aromatic N) is 1. The molecule has 0 unspecified atom stereocenters. The normalized spacial score (nSPS) is 10.4. The number of carbonyl (C=O) groups is 1. The highest BCUT2D eigenvalue weighted by Gasteiger charge is 2.17. The Labute approximate surface area is 111 Å². The van der Waals surface area contributed by atoms with E-state index in [0.29, 0.717) is 16.4 Å². The molecule has 0 atom stereocenters. The van der Waals surface area contributed by atoms with Gasteiger partial charge in [0, 0.05) is 5.69 Å². The molecular formula is C11H8ClFN2O2S. The van der Waals surface area contributed by atoms with Crippen LogP contribution in [0.1, 0.15) is 16.1 Å². The molecule has 2 rings (SSSR count). The maximum Gasteiger partial charge on any atom is 0.340 e. The van der Waals surface area contributed by atoms with Gasteiger partial charge >= 0.3 is 5.97 Å². The number of hydrogen-bond acceptors (Lipinski definition) is 4. The van der Waals surface area contributed by atoms with Crippen LogP contribution in [0.2, 0.25) is 5.02 Å². The number of aromatic carboxylic acids is 1. The average Bonchev–Trinajstić information content (AvgIpc) is 2.65. The molecule has 0 amide bonds. The van der Waals surface area contributed by atoms with E-state index in [0.717, 1.165) is 11.5 Å². The predicted molar refractivity (Wildman–Crippen MR) is 68.5 cm³/mol. The van der Waals surface area contributed by atoms with E-state index in [9.17, 15) is 9.18 Å². The van der Waals surface area contributed by atoms with Crippen LogP contribution in [0.25, 0.3) is 0 Å². The summed E-state index contributed by atoms with van der Waals surface area (Å²) < 4.78 is 17.2. The van der Waals surface area contributed by atoms with E-state index in [-0.39, 0.29) is 10.6 Å². The number of carboxylic acid groups (broad SMARTS) is 1. The van der Waals surface area contributed by atoms with Gasteiger partial charge in [-0.05, 0) is 36.7 Å². The van der Waals surface area contributed by atoms with E-state index < -0.39 is 11.8 Å². The quantitative estimate of drug-likeness (QED) is 0.903. The van der Waals surface area contributed by atoms with Crippen molar-refractivity contribution in [2.45, 2.75) is 6.92 Å². The second-order valence-electron chi connectivity index (χ2n) is 3.53. The summed E-state index contributed by atoms with van der Waals surface area (Å²) in [6, 6.07) is 4.16. The van der Waals surface area contributed by atoms with Gasteiger partial charge in [-0.1, -0.05) is 11.6 Å². The molecule has 94 valence electrons. The molecule has 0 aliphatic rings. The van der Waals surface area contributed by atoms with Crippen LogP contribution in [0.15, 0.2) is 18.2 Å². The zero-order chi connectivity index (χ0) is 13.3. The average molecular weight is 287 g/mol. The van der Waals surface area contributed by atoms with E-state index >= 15 is 0 Å². The number of nitrogens with one attached hydrogen (secondary N) is 1. The van der Waals surface area contributed by atoms with Gasteiger partial charge in [-0.2, -0.15) is 4.37 Å². The number of rotatable bonds is 3. The summed E-state index contributed by atoms with van der Waals surface area (Å²) in [5.41, 5.74) is 0.933. The number of aromatic nitrogens is 1. The zero-order valence-corrected chi connectivity index (χ0v) is 10.8. The molecule has 0 spiro atoms. The summed E-state index contributed by atoms with van der Waals surface area (Å²) in [6.45, 7) is 1.60. The van der Waals surface area contributed by atoms with Crippen molar-refractivity contribution in [3.63, 3.8) is 0 Å². The minimum atomic E-state index is -1.07. The van der Waals surface area contributed by atoms with E-state index in [2.05, 4.69) is 9.69 Å². The standard InChI is InChI=1S/C11H8ClFN2O2S/c1-5-9(11(16)17)10(18-15-5)14-6-2-3-7(12)8(13)4-6/h2-4,14H,1H3,(H,16,17). The van der Waals surface area contributed by atoms with Crippen molar-refractivity contribution in [3.05, 3.63) is 40.3 Å². The molecule has 0 saturated heterocycles. The number of hydrogen-bond donors (Lipinski definition) is 2. The van der Waals surface area contributed by atoms with Gasteiger partial charge in [0.15, 0.2) is 0 Å². The molecule has 1 aromatic heterocycles. The fourth-order valence-corrected chi connectivity index (χ4v) is 2.34. The second kappa shape index (κ2) is 4.91. The highest BCUT2D eigenvalue weighted by atomic mass is 35.5. The van der Waals surface area contributed by atoms with Gasteiger partial charge in [0.25, 0.3) is 0 Å². The van der Waals surface area contributed by atoms with Crippen molar-refractivity contribution in [2.24, 2.45) is 0 Å². The van der Waals surface area contributed by atoms with E-state index in [4.69, 9.17) is 16.7 Å². The van der Waals surface area contributed by atoms with Crippen LogP contribution in [-0.2, 0) is 0 Å². The van der Waals surface area contributed by atoms with Crippen molar-refractivity contribution >= 4 is 39.8 Å². The third-order valence-electron chi connectivity index (χ3n) is 2.25. The van der Waals surface area contributed by atoms with Gasteiger partial charge in [0.2, 0.25) is 0 Å². The van der Waals surface area contributed by atoms with Crippen LogP contribution in [0, 0.1) is 12.7 Å². The summed E-state index contributed by atoms with van der Waals surface area (Å²) in [5, 5.41) is 12.2. The number of carboxylic acids is 1. The lowest BCUT2D eigenvalue weighted by Gasteiger charge is -2.05. The molecule has 18 heavy (non-hydrogen) atoms. The molecule has 0 radical (unpaired) electrons. The Morgan fingerprint density at radius 3 is 2.89 bits per heavy atom. The Bertz CT molecular complexity index is 615. The molecule has 0 bridgehead atoms. The number of anilines is 2. The molecule has 0 aliphatic carbocycles.